The molecular formula is C17H26FNO. The molecule has 2 atom stereocenters. The molecule has 0 amide bonds. The topological polar surface area (TPSA) is 21.3 Å². The van der Waals surface area contributed by atoms with Crippen LogP contribution in [0.2, 0.25) is 0 Å². The van der Waals surface area contributed by atoms with E-state index in [4.69, 9.17) is 4.74 Å². The number of rotatable bonds is 3. The van der Waals surface area contributed by atoms with Crippen LogP contribution >= 0.6 is 0 Å². The van der Waals surface area contributed by atoms with Gasteiger partial charge in [0.1, 0.15) is 5.82 Å². The number of ether oxygens (including phenoxy) is 1. The number of halogens is 1. The van der Waals surface area contributed by atoms with Crippen LogP contribution in [-0.4, -0.2) is 18.7 Å². The van der Waals surface area contributed by atoms with Crippen LogP contribution in [0, 0.1) is 18.7 Å². The van der Waals surface area contributed by atoms with E-state index in [1.54, 1.807) is 6.07 Å². The first-order chi connectivity index (χ1) is 9.37. The van der Waals surface area contributed by atoms with Gasteiger partial charge in [-0.15, -0.1) is 0 Å². The second-order valence-corrected chi connectivity index (χ2v) is 6.85. The van der Waals surface area contributed by atoms with E-state index in [0.717, 1.165) is 31.6 Å². The first-order valence-electron chi connectivity index (χ1n) is 7.49. The molecule has 20 heavy (non-hydrogen) atoms. The van der Waals surface area contributed by atoms with Gasteiger partial charge < -0.3 is 10.1 Å². The van der Waals surface area contributed by atoms with Gasteiger partial charge in [-0.2, -0.15) is 0 Å². The molecule has 2 unspecified atom stereocenters. The average molecular weight is 279 g/mol. The first-order valence-corrected chi connectivity index (χ1v) is 7.49. The number of benzene rings is 1. The molecule has 0 bridgehead atoms. The lowest BCUT2D eigenvalue weighted by Crippen LogP contribution is -2.41. The lowest BCUT2D eigenvalue weighted by molar-refractivity contribution is -0.0311. The zero-order chi connectivity index (χ0) is 14.8. The minimum absolute atomic E-state index is 0.0765. The summed E-state index contributed by atoms with van der Waals surface area (Å²) in [6, 6.07) is 5.29. The Labute approximate surface area is 121 Å². The molecule has 1 heterocycles. The smallest absolute Gasteiger partial charge is 0.129 e. The molecular weight excluding hydrogens is 253 g/mol. The van der Waals surface area contributed by atoms with E-state index in [2.05, 4.69) is 26.1 Å². The summed E-state index contributed by atoms with van der Waals surface area (Å²) in [6.07, 6.45) is 2.01. The Morgan fingerprint density at radius 1 is 1.35 bits per heavy atom. The highest BCUT2D eigenvalue weighted by Crippen LogP contribution is 2.35. The lowest BCUT2D eigenvalue weighted by Gasteiger charge is -2.34. The van der Waals surface area contributed by atoms with Gasteiger partial charge >= 0.3 is 0 Å². The number of hydrogen-bond donors (Lipinski definition) is 1. The van der Waals surface area contributed by atoms with Gasteiger partial charge in [-0.05, 0) is 46.6 Å². The van der Waals surface area contributed by atoms with E-state index < -0.39 is 0 Å². The predicted octanol–water partition coefficient (Wildman–Crippen LogP) is 3.99. The standard InChI is InChI=1S/C17H26FNO/c1-12-7-8-15(18)14(10-12)16-13(6-5-9-20-16)11-19-17(2,3)4/h7-8,10,13,16,19H,5-6,9,11H2,1-4H3. The van der Waals surface area contributed by atoms with Crippen molar-refractivity contribution in [1.29, 1.82) is 0 Å². The maximum Gasteiger partial charge on any atom is 0.129 e. The Hall–Kier alpha value is -0.930. The third-order valence-electron chi connectivity index (χ3n) is 3.80. The van der Waals surface area contributed by atoms with Crippen LogP contribution in [0.4, 0.5) is 4.39 Å². The van der Waals surface area contributed by atoms with Crippen molar-refractivity contribution in [3.05, 3.63) is 35.1 Å². The molecule has 112 valence electrons. The van der Waals surface area contributed by atoms with Gasteiger partial charge in [0.15, 0.2) is 0 Å². The molecule has 1 aliphatic rings. The third kappa shape index (κ3) is 4.03. The van der Waals surface area contributed by atoms with Gasteiger partial charge in [0.25, 0.3) is 0 Å². The fraction of sp³-hybridized carbons (Fsp3) is 0.647. The van der Waals surface area contributed by atoms with Crippen LogP contribution < -0.4 is 5.32 Å². The third-order valence-corrected chi connectivity index (χ3v) is 3.80. The number of nitrogens with one attached hydrogen (secondary N) is 1. The predicted molar refractivity (Wildman–Crippen MR) is 80.3 cm³/mol. The summed E-state index contributed by atoms with van der Waals surface area (Å²) in [5, 5.41) is 3.52. The Bertz CT molecular complexity index is 453. The first kappa shape index (κ1) is 15.5. The van der Waals surface area contributed by atoms with Crippen molar-refractivity contribution in [1.82, 2.24) is 5.32 Å². The molecule has 0 radical (unpaired) electrons. The highest BCUT2D eigenvalue weighted by atomic mass is 19.1. The second-order valence-electron chi connectivity index (χ2n) is 6.85. The molecule has 3 heteroatoms. The van der Waals surface area contributed by atoms with Crippen LogP contribution in [0.5, 0.6) is 0 Å². The van der Waals surface area contributed by atoms with Gasteiger partial charge in [-0.1, -0.05) is 17.7 Å². The summed E-state index contributed by atoms with van der Waals surface area (Å²) in [6.45, 7) is 10.0. The second kappa shape index (κ2) is 6.23. The van der Waals surface area contributed by atoms with Crippen molar-refractivity contribution in [3.8, 4) is 0 Å². The molecule has 1 fully saturated rings. The normalized spacial score (nSPS) is 23.9. The Kier molecular flexibility index (Phi) is 4.82. The molecule has 1 saturated heterocycles. The molecule has 2 rings (SSSR count). The average Bonchev–Trinajstić information content (AvgIpc) is 2.39. The summed E-state index contributed by atoms with van der Waals surface area (Å²) in [5.74, 6) is 0.183. The van der Waals surface area contributed by atoms with Crippen LogP contribution in [0.1, 0.15) is 50.8 Å². The molecule has 0 aliphatic carbocycles. The molecule has 1 aromatic carbocycles. The molecule has 1 aliphatic heterocycles. The van der Waals surface area contributed by atoms with E-state index in [1.807, 2.05) is 19.1 Å². The zero-order valence-electron chi connectivity index (χ0n) is 13.0. The minimum atomic E-state index is -0.150. The van der Waals surface area contributed by atoms with Crippen molar-refractivity contribution in [2.24, 2.45) is 5.92 Å². The van der Waals surface area contributed by atoms with Crippen LogP contribution in [0.15, 0.2) is 18.2 Å². The van der Waals surface area contributed by atoms with Gasteiger partial charge in [-0.25, -0.2) is 4.39 Å². The Morgan fingerprint density at radius 3 is 2.80 bits per heavy atom. The van der Waals surface area contributed by atoms with Gasteiger partial charge in [-0.3, -0.25) is 0 Å². The van der Waals surface area contributed by atoms with Crippen LogP contribution in [0.25, 0.3) is 0 Å². The SMILES string of the molecule is Cc1ccc(F)c(C2OCCCC2CNC(C)(C)C)c1. The monoisotopic (exact) mass is 279 g/mol. The molecule has 1 N–H and O–H groups in total. The minimum Gasteiger partial charge on any atom is -0.373 e. The fourth-order valence-electron chi connectivity index (χ4n) is 2.71. The summed E-state index contributed by atoms with van der Waals surface area (Å²) in [7, 11) is 0. The summed E-state index contributed by atoms with van der Waals surface area (Å²) >= 11 is 0. The molecule has 0 saturated carbocycles. The molecule has 2 nitrogen and oxygen atoms in total. The van der Waals surface area contributed by atoms with Gasteiger partial charge in [0.05, 0.1) is 6.10 Å². The summed E-state index contributed by atoms with van der Waals surface area (Å²) in [5.41, 5.74) is 1.87. The zero-order valence-corrected chi connectivity index (χ0v) is 13.0. The van der Waals surface area contributed by atoms with Crippen molar-refractivity contribution in [2.75, 3.05) is 13.2 Å². The van der Waals surface area contributed by atoms with Crippen molar-refractivity contribution in [3.63, 3.8) is 0 Å². The van der Waals surface area contributed by atoms with E-state index in [-0.39, 0.29) is 17.5 Å². The maximum atomic E-state index is 14.1. The van der Waals surface area contributed by atoms with Crippen molar-refractivity contribution >= 4 is 0 Å². The van der Waals surface area contributed by atoms with E-state index >= 15 is 0 Å². The highest BCUT2D eigenvalue weighted by molar-refractivity contribution is 5.27. The van der Waals surface area contributed by atoms with Gasteiger partial charge in [0, 0.05) is 30.2 Å². The largest absolute Gasteiger partial charge is 0.373 e. The Balaban J connectivity index is 2.16. The van der Waals surface area contributed by atoms with E-state index in [9.17, 15) is 4.39 Å². The molecule has 0 aromatic heterocycles. The van der Waals surface area contributed by atoms with Gasteiger partial charge in [0.2, 0.25) is 0 Å². The maximum absolute atomic E-state index is 14.1. The van der Waals surface area contributed by atoms with Crippen molar-refractivity contribution in [2.45, 2.75) is 52.2 Å². The molecule has 1 aromatic rings. The van der Waals surface area contributed by atoms with E-state index in [0.29, 0.717) is 11.5 Å². The van der Waals surface area contributed by atoms with Crippen molar-refractivity contribution < 1.29 is 9.13 Å². The lowest BCUT2D eigenvalue weighted by atomic mass is 9.88. The highest BCUT2D eigenvalue weighted by Gasteiger charge is 2.30. The number of hydrogen-bond acceptors (Lipinski definition) is 2. The van der Waals surface area contributed by atoms with Crippen LogP contribution in [-0.2, 0) is 4.74 Å². The summed E-state index contributed by atoms with van der Waals surface area (Å²) < 4.78 is 20.0. The fourth-order valence-corrected chi connectivity index (χ4v) is 2.71. The number of aryl methyl sites for hydroxylation is 1. The molecule has 0 spiro atoms. The quantitative estimate of drug-likeness (QED) is 0.903. The van der Waals surface area contributed by atoms with E-state index in [1.165, 1.54) is 0 Å². The van der Waals surface area contributed by atoms with Crippen LogP contribution in [0.3, 0.4) is 0 Å². The Morgan fingerprint density at radius 2 is 2.10 bits per heavy atom. The summed E-state index contributed by atoms with van der Waals surface area (Å²) in [4.78, 5) is 0.